The number of rotatable bonds is 2. The van der Waals surface area contributed by atoms with Crippen LogP contribution in [0.15, 0.2) is 24.3 Å². The van der Waals surface area contributed by atoms with Crippen LogP contribution in [-0.2, 0) is 15.3 Å². The van der Waals surface area contributed by atoms with E-state index in [4.69, 9.17) is 21.1 Å². The van der Waals surface area contributed by atoms with Crippen LogP contribution in [0.5, 0.6) is 0 Å². The molecular weight excluding hydrogens is 224 g/mol. The summed E-state index contributed by atoms with van der Waals surface area (Å²) in [5.74, 6) is -0.384. The van der Waals surface area contributed by atoms with Crippen molar-refractivity contribution in [3.05, 3.63) is 35.4 Å². The van der Waals surface area contributed by atoms with Crippen molar-refractivity contribution in [1.29, 1.82) is 0 Å². The van der Waals surface area contributed by atoms with Gasteiger partial charge >= 0.3 is 0 Å². The highest BCUT2D eigenvalue weighted by Crippen LogP contribution is 2.32. The lowest BCUT2D eigenvalue weighted by Gasteiger charge is -2.25. The third-order valence-corrected chi connectivity index (χ3v) is 2.77. The Hall–Kier alpha value is -0.570. The van der Waals surface area contributed by atoms with Gasteiger partial charge in [0.25, 0.3) is 0 Å². The molecular formula is C13H19ClO2. The van der Waals surface area contributed by atoms with Gasteiger partial charge in [-0.2, -0.15) is 0 Å². The maximum Gasteiger partial charge on any atom is 0.208 e. The Morgan fingerprint density at radius 3 is 2.06 bits per heavy atom. The molecule has 1 heterocycles. The number of benzene rings is 1. The molecule has 2 nitrogen and oxygen atoms in total. The largest absolute Gasteiger partial charge is 0.342 e. The van der Waals surface area contributed by atoms with Gasteiger partial charge in [0.05, 0.1) is 19.1 Å². The molecule has 0 aliphatic carbocycles. The lowest BCUT2D eigenvalue weighted by molar-refractivity contribution is -0.146. The Balaban J connectivity index is 0.000000606. The molecule has 1 fully saturated rings. The van der Waals surface area contributed by atoms with Crippen LogP contribution in [0.25, 0.3) is 0 Å². The van der Waals surface area contributed by atoms with Crippen molar-refractivity contribution in [2.45, 2.75) is 26.6 Å². The van der Waals surface area contributed by atoms with E-state index in [0.29, 0.717) is 19.1 Å². The molecule has 0 atom stereocenters. The average Bonchev–Trinajstić information content (AvgIpc) is 2.82. The topological polar surface area (TPSA) is 18.5 Å². The number of aryl methyl sites for hydroxylation is 1. The Labute approximate surface area is 103 Å². The summed E-state index contributed by atoms with van der Waals surface area (Å²) < 4.78 is 11.1. The van der Waals surface area contributed by atoms with Crippen molar-refractivity contribution in [2.75, 3.05) is 19.1 Å². The SMILES string of the molecule is CC.Cc1ccc(C2(CCl)OCCO2)cc1. The van der Waals surface area contributed by atoms with Crippen LogP contribution in [0, 0.1) is 6.92 Å². The molecule has 1 aliphatic heterocycles. The summed E-state index contributed by atoms with van der Waals surface area (Å²) in [5, 5.41) is 0. The first-order valence-electron chi connectivity index (χ1n) is 5.68. The second-order valence-corrected chi connectivity index (χ2v) is 3.72. The van der Waals surface area contributed by atoms with Crippen LogP contribution in [0.3, 0.4) is 0 Å². The molecule has 3 heteroatoms. The minimum absolute atomic E-state index is 0.329. The van der Waals surface area contributed by atoms with E-state index in [9.17, 15) is 0 Å². The third-order valence-electron chi connectivity index (χ3n) is 2.42. The standard InChI is InChI=1S/C11H13ClO2.C2H6/c1-9-2-4-10(5-3-9)11(8-12)13-6-7-14-11;1-2/h2-5H,6-8H2,1H3;1-2H3. The summed E-state index contributed by atoms with van der Waals surface area (Å²) >= 11 is 5.89. The van der Waals surface area contributed by atoms with Crippen molar-refractivity contribution in [1.82, 2.24) is 0 Å². The maximum atomic E-state index is 5.89. The van der Waals surface area contributed by atoms with E-state index in [0.717, 1.165) is 5.56 Å². The Kier molecular flexibility index (Phi) is 5.26. The molecule has 1 saturated heterocycles. The molecule has 0 aromatic heterocycles. The highest BCUT2D eigenvalue weighted by molar-refractivity contribution is 6.18. The van der Waals surface area contributed by atoms with Gasteiger partial charge in [-0.1, -0.05) is 43.7 Å². The van der Waals surface area contributed by atoms with Crippen molar-refractivity contribution < 1.29 is 9.47 Å². The molecule has 0 N–H and O–H groups in total. The monoisotopic (exact) mass is 242 g/mol. The van der Waals surface area contributed by atoms with Gasteiger partial charge in [-0.15, -0.1) is 11.6 Å². The molecule has 0 saturated carbocycles. The van der Waals surface area contributed by atoms with Crippen LogP contribution in [0.2, 0.25) is 0 Å². The minimum atomic E-state index is -0.713. The zero-order chi connectivity index (χ0) is 12.0. The first kappa shape index (κ1) is 13.5. The molecule has 0 radical (unpaired) electrons. The molecule has 1 aromatic rings. The lowest BCUT2D eigenvalue weighted by Crippen LogP contribution is -2.29. The van der Waals surface area contributed by atoms with Gasteiger partial charge in [0.1, 0.15) is 0 Å². The van der Waals surface area contributed by atoms with Gasteiger partial charge in [0.15, 0.2) is 0 Å². The summed E-state index contributed by atoms with van der Waals surface area (Å²) in [4.78, 5) is 0. The predicted octanol–water partition coefficient (Wildman–Crippen LogP) is 3.46. The molecule has 16 heavy (non-hydrogen) atoms. The van der Waals surface area contributed by atoms with Gasteiger partial charge in [-0.3, -0.25) is 0 Å². The summed E-state index contributed by atoms with van der Waals surface area (Å²) in [6.07, 6.45) is 0. The lowest BCUT2D eigenvalue weighted by atomic mass is 10.1. The van der Waals surface area contributed by atoms with Crippen LogP contribution >= 0.6 is 11.6 Å². The van der Waals surface area contributed by atoms with Crippen LogP contribution < -0.4 is 0 Å². The fourth-order valence-electron chi connectivity index (χ4n) is 1.58. The van der Waals surface area contributed by atoms with Gasteiger partial charge < -0.3 is 9.47 Å². The Morgan fingerprint density at radius 1 is 1.12 bits per heavy atom. The summed E-state index contributed by atoms with van der Waals surface area (Å²) in [5.41, 5.74) is 2.21. The van der Waals surface area contributed by atoms with E-state index in [1.165, 1.54) is 5.56 Å². The molecule has 1 aromatic carbocycles. The second kappa shape index (κ2) is 6.24. The highest BCUT2D eigenvalue weighted by Gasteiger charge is 2.37. The average molecular weight is 243 g/mol. The van der Waals surface area contributed by atoms with E-state index < -0.39 is 5.79 Å². The molecule has 0 bridgehead atoms. The first-order valence-corrected chi connectivity index (χ1v) is 6.21. The van der Waals surface area contributed by atoms with E-state index >= 15 is 0 Å². The number of ether oxygens (including phenoxy) is 2. The second-order valence-electron chi connectivity index (χ2n) is 3.45. The highest BCUT2D eigenvalue weighted by atomic mass is 35.5. The molecule has 0 spiro atoms. The Morgan fingerprint density at radius 2 is 1.62 bits per heavy atom. The van der Waals surface area contributed by atoms with Crippen LogP contribution in [0.4, 0.5) is 0 Å². The van der Waals surface area contributed by atoms with E-state index in [1.807, 2.05) is 45.0 Å². The fraction of sp³-hybridized carbons (Fsp3) is 0.538. The van der Waals surface area contributed by atoms with Crippen LogP contribution in [0.1, 0.15) is 25.0 Å². The van der Waals surface area contributed by atoms with Gasteiger partial charge in [0.2, 0.25) is 5.79 Å². The third kappa shape index (κ3) is 2.76. The van der Waals surface area contributed by atoms with Crippen molar-refractivity contribution in [3.63, 3.8) is 0 Å². The number of alkyl halides is 1. The summed E-state index contributed by atoms with van der Waals surface area (Å²) in [7, 11) is 0. The Bertz CT molecular complexity index is 302. The van der Waals surface area contributed by atoms with Crippen molar-refractivity contribution in [3.8, 4) is 0 Å². The number of hydrogen-bond acceptors (Lipinski definition) is 2. The normalized spacial score (nSPS) is 17.8. The van der Waals surface area contributed by atoms with Gasteiger partial charge in [0, 0.05) is 5.56 Å². The van der Waals surface area contributed by atoms with Crippen molar-refractivity contribution in [2.24, 2.45) is 0 Å². The van der Waals surface area contributed by atoms with Crippen LogP contribution in [-0.4, -0.2) is 19.1 Å². The number of hydrogen-bond donors (Lipinski definition) is 0. The smallest absolute Gasteiger partial charge is 0.208 e. The minimum Gasteiger partial charge on any atom is -0.342 e. The molecule has 90 valence electrons. The summed E-state index contributed by atoms with van der Waals surface area (Å²) in [6, 6.07) is 8.08. The van der Waals surface area contributed by atoms with E-state index in [-0.39, 0.29) is 0 Å². The molecule has 0 amide bonds. The van der Waals surface area contributed by atoms with Crippen molar-refractivity contribution >= 4 is 11.6 Å². The van der Waals surface area contributed by atoms with Gasteiger partial charge in [-0.25, -0.2) is 0 Å². The molecule has 2 rings (SSSR count). The summed E-state index contributed by atoms with van der Waals surface area (Å²) in [6.45, 7) is 7.27. The zero-order valence-corrected chi connectivity index (χ0v) is 10.9. The predicted molar refractivity (Wildman–Crippen MR) is 66.8 cm³/mol. The van der Waals surface area contributed by atoms with E-state index in [2.05, 4.69) is 0 Å². The van der Waals surface area contributed by atoms with E-state index in [1.54, 1.807) is 0 Å². The quantitative estimate of drug-likeness (QED) is 0.740. The molecule has 0 unspecified atom stereocenters. The van der Waals surface area contributed by atoms with Gasteiger partial charge in [-0.05, 0) is 6.92 Å². The fourth-order valence-corrected chi connectivity index (χ4v) is 1.89. The number of halogens is 1. The zero-order valence-electron chi connectivity index (χ0n) is 10.1. The first-order chi connectivity index (χ1) is 7.77. The maximum absolute atomic E-state index is 5.89. The molecule has 1 aliphatic rings.